The predicted molar refractivity (Wildman–Crippen MR) is 104 cm³/mol. The van der Waals surface area contributed by atoms with Crippen LogP contribution >= 0.6 is 11.3 Å². The molecule has 3 heterocycles. The molecule has 0 aliphatic heterocycles. The van der Waals surface area contributed by atoms with Crippen molar-refractivity contribution in [1.82, 2.24) is 15.0 Å². The third-order valence-corrected chi connectivity index (χ3v) is 5.31. The SMILES string of the molecule is N#Cc1ncc(N[C@H](CC2CC2)C(N)=O)nc1Nc1csc2ncccc12. The summed E-state index contributed by atoms with van der Waals surface area (Å²) in [6.45, 7) is 0. The molecule has 4 N–H and O–H groups in total. The molecular formula is C18H17N7OS. The van der Waals surface area contributed by atoms with Crippen LogP contribution in [0.4, 0.5) is 17.3 Å². The highest BCUT2D eigenvalue weighted by Gasteiger charge is 2.28. The van der Waals surface area contributed by atoms with Gasteiger partial charge in [-0.3, -0.25) is 4.79 Å². The summed E-state index contributed by atoms with van der Waals surface area (Å²) >= 11 is 1.50. The van der Waals surface area contributed by atoms with E-state index in [4.69, 9.17) is 5.73 Å². The lowest BCUT2D eigenvalue weighted by Gasteiger charge is -2.16. The molecule has 4 rings (SSSR count). The van der Waals surface area contributed by atoms with Gasteiger partial charge in [-0.15, -0.1) is 11.3 Å². The molecule has 1 atom stereocenters. The summed E-state index contributed by atoms with van der Waals surface area (Å²) in [4.78, 5) is 25.5. The standard InChI is InChI=1S/C18H17N7OS/c19-7-13-17(24-14-9-27-18-11(14)2-1-5-21-18)25-15(8-22-13)23-12(16(20)26)6-10-3-4-10/h1-2,5,8-10,12H,3-4,6H2,(H2,20,26)(H2,23,24,25)/t12-/m1/s1. The van der Waals surface area contributed by atoms with Gasteiger partial charge in [0.15, 0.2) is 11.5 Å². The quantitative estimate of drug-likeness (QED) is 0.575. The summed E-state index contributed by atoms with van der Waals surface area (Å²) in [7, 11) is 0. The Morgan fingerprint density at radius 2 is 2.30 bits per heavy atom. The molecule has 136 valence electrons. The van der Waals surface area contributed by atoms with Gasteiger partial charge in [-0.25, -0.2) is 15.0 Å². The Bertz CT molecular complexity index is 1040. The molecule has 1 aliphatic rings. The van der Waals surface area contributed by atoms with Crippen molar-refractivity contribution in [3.05, 3.63) is 35.6 Å². The molecule has 8 nitrogen and oxygen atoms in total. The van der Waals surface area contributed by atoms with Crippen LogP contribution in [-0.2, 0) is 4.79 Å². The van der Waals surface area contributed by atoms with Gasteiger partial charge in [0.1, 0.15) is 22.8 Å². The molecule has 1 fully saturated rings. The van der Waals surface area contributed by atoms with Gasteiger partial charge in [-0.2, -0.15) is 5.26 Å². The average molecular weight is 379 g/mol. The van der Waals surface area contributed by atoms with Crippen LogP contribution in [0.3, 0.4) is 0 Å². The number of carbonyl (C=O) groups excluding carboxylic acids is 1. The Kier molecular flexibility index (Phi) is 4.56. The first kappa shape index (κ1) is 17.2. The topological polar surface area (TPSA) is 130 Å². The third-order valence-electron chi connectivity index (χ3n) is 4.41. The Balaban J connectivity index is 1.60. The Morgan fingerprint density at radius 1 is 1.44 bits per heavy atom. The molecule has 1 saturated carbocycles. The number of rotatable bonds is 7. The van der Waals surface area contributed by atoms with E-state index in [1.165, 1.54) is 17.5 Å². The lowest BCUT2D eigenvalue weighted by Crippen LogP contribution is -2.36. The van der Waals surface area contributed by atoms with E-state index in [2.05, 4.69) is 25.6 Å². The van der Waals surface area contributed by atoms with Crippen molar-refractivity contribution in [3.8, 4) is 6.07 Å². The van der Waals surface area contributed by atoms with Crippen LogP contribution in [0.15, 0.2) is 29.9 Å². The second-order valence-corrected chi connectivity index (χ2v) is 7.33. The van der Waals surface area contributed by atoms with Crippen LogP contribution < -0.4 is 16.4 Å². The summed E-state index contributed by atoms with van der Waals surface area (Å²) in [5.41, 5.74) is 6.47. The molecule has 1 aliphatic carbocycles. The molecule has 0 unspecified atom stereocenters. The van der Waals surface area contributed by atoms with E-state index in [1.54, 1.807) is 6.20 Å². The van der Waals surface area contributed by atoms with Crippen LogP contribution in [-0.4, -0.2) is 26.9 Å². The fourth-order valence-electron chi connectivity index (χ4n) is 2.83. The predicted octanol–water partition coefficient (Wildman–Crippen LogP) is 2.77. The van der Waals surface area contributed by atoms with E-state index in [0.717, 1.165) is 28.7 Å². The number of nitrogens with two attached hydrogens (primary N) is 1. The van der Waals surface area contributed by atoms with Crippen molar-refractivity contribution in [2.45, 2.75) is 25.3 Å². The van der Waals surface area contributed by atoms with E-state index in [9.17, 15) is 10.1 Å². The van der Waals surface area contributed by atoms with Crippen LogP contribution in [0, 0.1) is 17.2 Å². The maximum absolute atomic E-state index is 11.7. The fraction of sp³-hybridized carbons (Fsp3) is 0.278. The first-order valence-electron chi connectivity index (χ1n) is 8.56. The number of hydrogen-bond donors (Lipinski definition) is 3. The van der Waals surface area contributed by atoms with Gasteiger partial charge in [0.25, 0.3) is 0 Å². The number of nitrogens with zero attached hydrogens (tertiary/aromatic N) is 4. The zero-order valence-electron chi connectivity index (χ0n) is 14.3. The molecule has 0 bridgehead atoms. The minimum absolute atomic E-state index is 0.168. The van der Waals surface area contributed by atoms with Crippen LogP contribution in [0.5, 0.6) is 0 Å². The molecule has 0 radical (unpaired) electrons. The second-order valence-electron chi connectivity index (χ2n) is 6.47. The molecule has 9 heteroatoms. The largest absolute Gasteiger partial charge is 0.368 e. The number of pyridine rings is 1. The van der Waals surface area contributed by atoms with E-state index in [-0.39, 0.29) is 5.69 Å². The van der Waals surface area contributed by atoms with Crippen LogP contribution in [0.2, 0.25) is 0 Å². The first-order chi connectivity index (χ1) is 13.1. The van der Waals surface area contributed by atoms with E-state index in [0.29, 0.717) is 24.0 Å². The van der Waals surface area contributed by atoms with Crippen LogP contribution in [0.1, 0.15) is 25.0 Å². The molecule has 0 saturated heterocycles. The van der Waals surface area contributed by atoms with Gasteiger partial charge in [0, 0.05) is 17.0 Å². The number of anilines is 3. The molecule has 0 aromatic carbocycles. The van der Waals surface area contributed by atoms with Crippen molar-refractivity contribution in [2.75, 3.05) is 10.6 Å². The zero-order chi connectivity index (χ0) is 18.8. The van der Waals surface area contributed by atoms with Crippen molar-refractivity contribution in [1.29, 1.82) is 5.26 Å². The highest BCUT2D eigenvalue weighted by atomic mass is 32.1. The van der Waals surface area contributed by atoms with Crippen LogP contribution in [0.25, 0.3) is 10.2 Å². The number of thiophene rings is 1. The number of hydrogen-bond acceptors (Lipinski definition) is 8. The number of amides is 1. The minimum atomic E-state index is -0.501. The smallest absolute Gasteiger partial charge is 0.239 e. The van der Waals surface area contributed by atoms with Gasteiger partial charge in [0.05, 0.1) is 11.9 Å². The highest BCUT2D eigenvalue weighted by Crippen LogP contribution is 2.34. The summed E-state index contributed by atoms with van der Waals surface area (Å²) in [5.74, 6) is 0.834. The van der Waals surface area contributed by atoms with Crippen molar-refractivity contribution >= 4 is 44.8 Å². The van der Waals surface area contributed by atoms with Crippen molar-refractivity contribution < 1.29 is 4.79 Å². The number of carbonyl (C=O) groups is 1. The molecule has 1 amide bonds. The summed E-state index contributed by atoms with van der Waals surface area (Å²) < 4.78 is 0. The first-order valence-corrected chi connectivity index (χ1v) is 9.44. The maximum atomic E-state index is 11.7. The van der Waals surface area contributed by atoms with Gasteiger partial charge in [0.2, 0.25) is 5.91 Å². The minimum Gasteiger partial charge on any atom is -0.368 e. The molecule has 3 aromatic heterocycles. The molecule has 27 heavy (non-hydrogen) atoms. The van der Waals surface area contributed by atoms with Gasteiger partial charge in [-0.1, -0.05) is 12.8 Å². The van der Waals surface area contributed by atoms with Gasteiger partial charge in [-0.05, 0) is 24.5 Å². The number of aromatic nitrogens is 3. The normalized spacial score (nSPS) is 14.5. The highest BCUT2D eigenvalue weighted by molar-refractivity contribution is 7.17. The summed E-state index contributed by atoms with van der Waals surface area (Å²) in [5, 5.41) is 18.4. The van der Waals surface area contributed by atoms with Gasteiger partial charge < -0.3 is 16.4 Å². The van der Waals surface area contributed by atoms with Gasteiger partial charge >= 0.3 is 0 Å². The number of primary amides is 1. The second kappa shape index (κ2) is 7.17. The van der Waals surface area contributed by atoms with Crippen molar-refractivity contribution in [2.24, 2.45) is 11.7 Å². The lowest BCUT2D eigenvalue weighted by molar-refractivity contribution is -0.118. The number of nitrogens with one attached hydrogen (secondary N) is 2. The fourth-order valence-corrected chi connectivity index (χ4v) is 3.67. The molecule has 3 aromatic rings. The number of nitriles is 1. The van der Waals surface area contributed by atoms with E-state index < -0.39 is 11.9 Å². The Morgan fingerprint density at radius 3 is 3.04 bits per heavy atom. The Labute approximate surface area is 159 Å². The van der Waals surface area contributed by atoms with E-state index in [1.807, 2.05) is 23.6 Å². The summed E-state index contributed by atoms with van der Waals surface area (Å²) in [6.07, 6.45) is 6.10. The van der Waals surface area contributed by atoms with E-state index >= 15 is 0 Å². The average Bonchev–Trinajstić information content (AvgIpc) is 3.41. The monoisotopic (exact) mass is 379 g/mol. The lowest BCUT2D eigenvalue weighted by atomic mass is 10.1. The summed E-state index contributed by atoms with van der Waals surface area (Å²) in [6, 6.07) is 5.33. The van der Waals surface area contributed by atoms with Crippen molar-refractivity contribution in [3.63, 3.8) is 0 Å². The maximum Gasteiger partial charge on any atom is 0.239 e. The zero-order valence-corrected chi connectivity index (χ0v) is 15.2. The molecule has 0 spiro atoms. The number of fused-ring (bicyclic) bond motifs is 1. The third kappa shape index (κ3) is 3.80. The Hall–Kier alpha value is -3.25. The molecular weight excluding hydrogens is 362 g/mol.